The van der Waals surface area contributed by atoms with E-state index in [0.29, 0.717) is 5.56 Å². The molecule has 0 aliphatic heterocycles. The summed E-state index contributed by atoms with van der Waals surface area (Å²) in [6.45, 7) is -0.700. The highest BCUT2D eigenvalue weighted by molar-refractivity contribution is 5.98. The van der Waals surface area contributed by atoms with Crippen molar-refractivity contribution in [3.05, 3.63) is 75.8 Å². The van der Waals surface area contributed by atoms with Crippen LogP contribution in [0.2, 0.25) is 0 Å². The first-order valence-corrected chi connectivity index (χ1v) is 10.1. The molecule has 12 heteroatoms. The van der Waals surface area contributed by atoms with Crippen LogP contribution < -0.4 is 16.2 Å². The summed E-state index contributed by atoms with van der Waals surface area (Å²) in [5, 5.41) is 13.1. The summed E-state index contributed by atoms with van der Waals surface area (Å²) in [6.07, 6.45) is -0.188. The zero-order chi connectivity index (χ0) is 24.9. The highest BCUT2D eigenvalue weighted by atomic mass is 16.6. The van der Waals surface area contributed by atoms with Gasteiger partial charge in [0, 0.05) is 42.6 Å². The number of ketones is 1. The predicted molar refractivity (Wildman–Crippen MR) is 117 cm³/mol. The SMILES string of the molecule is O=C(CCC(=O)c1ccccc1)NCCC(=O)OCC(=O)NNC(=O)c1ccc([N+](=O)[O-])cc1. The molecule has 34 heavy (non-hydrogen) atoms. The van der Waals surface area contributed by atoms with Gasteiger partial charge in [0.05, 0.1) is 11.3 Å². The number of benzene rings is 2. The van der Waals surface area contributed by atoms with E-state index >= 15 is 0 Å². The molecule has 0 heterocycles. The summed E-state index contributed by atoms with van der Waals surface area (Å²) in [6, 6.07) is 13.3. The summed E-state index contributed by atoms with van der Waals surface area (Å²) in [5.41, 5.74) is 4.52. The number of nitrogens with zero attached hydrogens (tertiary/aromatic N) is 1. The Bertz CT molecular complexity index is 1050. The molecule has 0 aliphatic carbocycles. The van der Waals surface area contributed by atoms with Crippen molar-refractivity contribution in [1.29, 1.82) is 0 Å². The lowest BCUT2D eigenvalue weighted by Crippen LogP contribution is -2.43. The minimum atomic E-state index is -0.813. The van der Waals surface area contributed by atoms with E-state index in [2.05, 4.69) is 10.7 Å². The van der Waals surface area contributed by atoms with Crippen LogP contribution in [0.3, 0.4) is 0 Å². The number of nitro benzene ring substituents is 1. The first kappa shape index (κ1) is 25.6. The molecule has 3 N–H and O–H groups in total. The molecule has 0 radical (unpaired) electrons. The van der Waals surface area contributed by atoms with Crippen LogP contribution in [0.5, 0.6) is 0 Å². The van der Waals surface area contributed by atoms with E-state index in [4.69, 9.17) is 4.74 Å². The zero-order valence-corrected chi connectivity index (χ0v) is 17.9. The van der Waals surface area contributed by atoms with Crippen molar-refractivity contribution in [3.8, 4) is 0 Å². The van der Waals surface area contributed by atoms with Gasteiger partial charge in [0.1, 0.15) is 0 Å². The average molecular weight is 470 g/mol. The normalized spacial score (nSPS) is 10.0. The smallest absolute Gasteiger partial charge is 0.308 e. The first-order chi connectivity index (χ1) is 16.3. The molecule has 2 aromatic rings. The molecule has 0 saturated carbocycles. The highest BCUT2D eigenvalue weighted by Gasteiger charge is 2.13. The van der Waals surface area contributed by atoms with Crippen LogP contribution >= 0.6 is 0 Å². The number of carbonyl (C=O) groups excluding carboxylic acids is 5. The number of non-ortho nitro benzene ring substituents is 1. The molecule has 178 valence electrons. The van der Waals surface area contributed by atoms with Crippen LogP contribution in [0, 0.1) is 10.1 Å². The van der Waals surface area contributed by atoms with Crippen molar-refractivity contribution in [1.82, 2.24) is 16.2 Å². The number of amides is 3. The molecular weight excluding hydrogens is 448 g/mol. The Hall–Kier alpha value is -4.61. The van der Waals surface area contributed by atoms with Crippen molar-refractivity contribution >= 4 is 35.2 Å². The summed E-state index contributed by atoms with van der Waals surface area (Å²) in [5.74, 6) is -2.85. The van der Waals surface area contributed by atoms with Crippen molar-refractivity contribution < 1.29 is 33.6 Å². The number of ether oxygens (including phenoxy) is 1. The molecule has 0 atom stereocenters. The maximum Gasteiger partial charge on any atom is 0.308 e. The molecule has 0 aliphatic rings. The number of carbonyl (C=O) groups is 5. The summed E-state index contributed by atoms with van der Waals surface area (Å²) < 4.78 is 4.74. The van der Waals surface area contributed by atoms with Crippen molar-refractivity contribution in [2.45, 2.75) is 19.3 Å². The summed E-state index contributed by atoms with van der Waals surface area (Å²) in [7, 11) is 0. The van der Waals surface area contributed by atoms with Crippen molar-refractivity contribution in [2.24, 2.45) is 0 Å². The number of hydrazine groups is 1. The van der Waals surface area contributed by atoms with Crippen LogP contribution in [-0.4, -0.2) is 47.5 Å². The van der Waals surface area contributed by atoms with Gasteiger partial charge in [-0.05, 0) is 12.1 Å². The van der Waals surface area contributed by atoms with E-state index in [1.54, 1.807) is 30.3 Å². The zero-order valence-electron chi connectivity index (χ0n) is 17.9. The molecular formula is C22H22N4O8. The Kier molecular flexibility index (Phi) is 9.85. The molecule has 0 aromatic heterocycles. The minimum Gasteiger partial charge on any atom is -0.455 e. The Balaban J connectivity index is 1.58. The predicted octanol–water partition coefficient (Wildman–Crippen LogP) is 1.07. The van der Waals surface area contributed by atoms with Gasteiger partial charge in [-0.3, -0.25) is 44.9 Å². The van der Waals surface area contributed by atoms with Gasteiger partial charge in [-0.1, -0.05) is 30.3 Å². The molecule has 0 saturated heterocycles. The Labute approximate surface area is 193 Å². The Morgan fingerprint density at radius 2 is 1.47 bits per heavy atom. The minimum absolute atomic E-state index is 0.0281. The van der Waals surface area contributed by atoms with E-state index in [9.17, 15) is 34.1 Å². The topological polar surface area (TPSA) is 174 Å². The molecule has 3 amide bonds. The maximum absolute atomic E-state index is 12.0. The van der Waals surface area contributed by atoms with E-state index in [0.717, 1.165) is 12.1 Å². The van der Waals surface area contributed by atoms with Crippen LogP contribution in [0.25, 0.3) is 0 Å². The van der Waals surface area contributed by atoms with Gasteiger partial charge in [0.2, 0.25) is 5.91 Å². The highest BCUT2D eigenvalue weighted by Crippen LogP contribution is 2.11. The van der Waals surface area contributed by atoms with Crippen LogP contribution in [0.1, 0.15) is 40.0 Å². The molecule has 0 unspecified atom stereocenters. The van der Waals surface area contributed by atoms with Gasteiger partial charge in [0.15, 0.2) is 12.4 Å². The maximum atomic E-state index is 12.0. The number of nitrogens with one attached hydrogen (secondary N) is 3. The van der Waals surface area contributed by atoms with E-state index in [1.165, 1.54) is 12.1 Å². The average Bonchev–Trinajstić information content (AvgIpc) is 2.85. The van der Waals surface area contributed by atoms with Crippen molar-refractivity contribution in [2.75, 3.05) is 13.2 Å². The third kappa shape index (κ3) is 8.86. The molecule has 0 fully saturated rings. The van der Waals surface area contributed by atoms with Crippen LogP contribution in [-0.2, 0) is 19.1 Å². The molecule has 2 rings (SSSR count). The van der Waals surface area contributed by atoms with Crippen molar-refractivity contribution in [3.63, 3.8) is 0 Å². The van der Waals surface area contributed by atoms with Crippen LogP contribution in [0.15, 0.2) is 54.6 Å². The Morgan fingerprint density at radius 3 is 2.12 bits per heavy atom. The van der Waals surface area contributed by atoms with Gasteiger partial charge in [-0.2, -0.15) is 0 Å². The van der Waals surface area contributed by atoms with Crippen LogP contribution in [0.4, 0.5) is 5.69 Å². The van der Waals surface area contributed by atoms with Gasteiger partial charge in [-0.25, -0.2) is 0 Å². The quantitative estimate of drug-likeness (QED) is 0.189. The lowest BCUT2D eigenvalue weighted by molar-refractivity contribution is -0.384. The van der Waals surface area contributed by atoms with Gasteiger partial charge in [-0.15, -0.1) is 0 Å². The number of hydrogen-bond donors (Lipinski definition) is 3. The second-order valence-corrected chi connectivity index (χ2v) is 6.86. The number of nitro groups is 1. The third-order valence-electron chi connectivity index (χ3n) is 4.35. The van der Waals surface area contributed by atoms with Gasteiger partial charge < -0.3 is 10.1 Å². The molecule has 0 bridgehead atoms. The van der Waals surface area contributed by atoms with E-state index in [-0.39, 0.29) is 42.8 Å². The molecule has 12 nitrogen and oxygen atoms in total. The monoisotopic (exact) mass is 470 g/mol. The van der Waals surface area contributed by atoms with E-state index < -0.39 is 35.2 Å². The molecule has 2 aromatic carbocycles. The van der Waals surface area contributed by atoms with E-state index in [1.807, 2.05) is 5.43 Å². The lowest BCUT2D eigenvalue weighted by atomic mass is 10.1. The Morgan fingerprint density at radius 1 is 0.794 bits per heavy atom. The first-order valence-electron chi connectivity index (χ1n) is 10.1. The number of Topliss-reactive ketones (excluding diaryl/α,β-unsaturated/α-hetero) is 1. The molecule has 0 spiro atoms. The second kappa shape index (κ2) is 13.1. The standard InChI is InChI=1S/C22H22N4O8/c27-18(15-4-2-1-3-5-15)10-11-19(28)23-13-12-21(30)34-14-20(29)24-25-22(31)16-6-8-17(9-7-16)26(32)33/h1-9H,10-14H2,(H,23,28)(H,24,29)(H,25,31). The lowest BCUT2D eigenvalue weighted by Gasteiger charge is -2.08. The van der Waals surface area contributed by atoms with Gasteiger partial charge in [0.25, 0.3) is 17.5 Å². The summed E-state index contributed by atoms with van der Waals surface area (Å²) in [4.78, 5) is 69.0. The van der Waals surface area contributed by atoms with Gasteiger partial charge >= 0.3 is 5.97 Å². The number of rotatable bonds is 11. The largest absolute Gasteiger partial charge is 0.455 e. The fraction of sp³-hybridized carbons (Fsp3) is 0.227. The second-order valence-electron chi connectivity index (χ2n) is 6.86. The number of esters is 1. The number of hydrogen-bond acceptors (Lipinski definition) is 8. The fourth-order valence-corrected chi connectivity index (χ4v) is 2.58. The third-order valence-corrected chi connectivity index (χ3v) is 4.35. The fourth-order valence-electron chi connectivity index (χ4n) is 2.58. The summed E-state index contributed by atoms with van der Waals surface area (Å²) >= 11 is 0.